The minimum absolute atomic E-state index is 0.0420. The van der Waals surface area contributed by atoms with E-state index in [4.69, 9.17) is 5.73 Å². The lowest BCUT2D eigenvalue weighted by atomic mass is 9.89. The molecule has 0 rings (SSSR count). The van der Waals surface area contributed by atoms with Gasteiger partial charge in [0.15, 0.2) is 0 Å². The van der Waals surface area contributed by atoms with Crippen molar-refractivity contribution >= 4 is 6.29 Å². The Kier molecular flexibility index (Phi) is 2.85. The second-order valence-corrected chi connectivity index (χ2v) is 3.25. The van der Waals surface area contributed by atoms with Crippen molar-refractivity contribution in [3.05, 3.63) is 6.42 Å². The third-order valence-electron chi connectivity index (χ3n) is 0.850. The van der Waals surface area contributed by atoms with Crippen molar-refractivity contribution < 1.29 is 4.79 Å². The molecule has 9 heavy (non-hydrogen) atoms. The summed E-state index contributed by atoms with van der Waals surface area (Å²) in [6, 6.07) is -0.412. The molecule has 0 spiro atoms. The smallest absolute Gasteiger partial charge is 0.136 e. The Morgan fingerprint density at radius 2 is 1.89 bits per heavy atom. The van der Waals surface area contributed by atoms with E-state index in [1.807, 2.05) is 27.2 Å². The third kappa shape index (κ3) is 5.50. The zero-order chi connectivity index (χ0) is 7.49. The molecule has 0 fully saturated rings. The predicted octanol–water partition coefficient (Wildman–Crippen LogP) is 0.763. The van der Waals surface area contributed by atoms with Crippen molar-refractivity contribution in [1.82, 2.24) is 0 Å². The summed E-state index contributed by atoms with van der Waals surface area (Å²) in [7, 11) is 0. The Hall–Kier alpha value is -0.370. The number of hydrogen-bond donors (Lipinski definition) is 1. The summed E-state index contributed by atoms with van der Waals surface area (Å²) in [5.74, 6) is 0. The van der Waals surface area contributed by atoms with E-state index in [0.29, 0.717) is 0 Å². The van der Waals surface area contributed by atoms with E-state index >= 15 is 0 Å². The predicted molar refractivity (Wildman–Crippen MR) is 37.8 cm³/mol. The fourth-order valence-electron chi connectivity index (χ4n) is 0.617. The standard InChI is InChI=1S/C7H14NO/c1-7(2,3)4-6(8)5-9/h4-6H,8H2,1-3H3. The van der Waals surface area contributed by atoms with E-state index in [2.05, 4.69) is 0 Å². The van der Waals surface area contributed by atoms with Crippen molar-refractivity contribution in [1.29, 1.82) is 0 Å². The lowest BCUT2D eigenvalue weighted by Gasteiger charge is -2.18. The van der Waals surface area contributed by atoms with Crippen molar-refractivity contribution in [3.63, 3.8) is 0 Å². The summed E-state index contributed by atoms with van der Waals surface area (Å²) >= 11 is 0. The normalized spacial score (nSPS) is 15.1. The molecule has 1 unspecified atom stereocenters. The van der Waals surface area contributed by atoms with Crippen LogP contribution >= 0.6 is 0 Å². The maximum Gasteiger partial charge on any atom is 0.136 e. The number of carbonyl (C=O) groups excluding carboxylic acids is 1. The summed E-state index contributed by atoms with van der Waals surface area (Å²) in [6.45, 7) is 6.03. The molecule has 0 saturated heterocycles. The van der Waals surface area contributed by atoms with Gasteiger partial charge in [0, 0.05) is 0 Å². The maximum absolute atomic E-state index is 10.0. The molecule has 0 aromatic carbocycles. The van der Waals surface area contributed by atoms with Crippen LogP contribution in [-0.2, 0) is 4.79 Å². The molecule has 0 aliphatic carbocycles. The zero-order valence-electron chi connectivity index (χ0n) is 6.22. The summed E-state index contributed by atoms with van der Waals surface area (Å²) in [5, 5.41) is 0. The van der Waals surface area contributed by atoms with Crippen LogP contribution < -0.4 is 5.73 Å². The van der Waals surface area contributed by atoms with Crippen LogP contribution in [0.4, 0.5) is 0 Å². The lowest BCUT2D eigenvalue weighted by Crippen LogP contribution is -2.28. The first kappa shape index (κ1) is 8.63. The number of carbonyl (C=O) groups is 1. The van der Waals surface area contributed by atoms with Gasteiger partial charge in [-0.3, -0.25) is 0 Å². The highest BCUT2D eigenvalue weighted by molar-refractivity contribution is 5.59. The van der Waals surface area contributed by atoms with Gasteiger partial charge in [-0.15, -0.1) is 0 Å². The summed E-state index contributed by atoms with van der Waals surface area (Å²) in [6.07, 6.45) is 2.56. The number of aldehydes is 1. The van der Waals surface area contributed by atoms with Gasteiger partial charge in [-0.05, 0) is 11.8 Å². The van der Waals surface area contributed by atoms with Crippen molar-refractivity contribution in [2.45, 2.75) is 26.8 Å². The van der Waals surface area contributed by atoms with Crippen LogP contribution in [-0.4, -0.2) is 12.3 Å². The highest BCUT2D eigenvalue weighted by Crippen LogP contribution is 2.17. The molecule has 1 radical (unpaired) electrons. The molecule has 0 aromatic rings. The van der Waals surface area contributed by atoms with Crippen LogP contribution in [0.3, 0.4) is 0 Å². The molecule has 53 valence electrons. The van der Waals surface area contributed by atoms with Crippen LogP contribution in [0.25, 0.3) is 0 Å². The van der Waals surface area contributed by atoms with Crippen LogP contribution in [0, 0.1) is 11.8 Å². The van der Waals surface area contributed by atoms with Gasteiger partial charge in [-0.25, -0.2) is 0 Å². The minimum Gasteiger partial charge on any atom is -0.321 e. The molecule has 1 atom stereocenters. The summed E-state index contributed by atoms with van der Waals surface area (Å²) in [4.78, 5) is 10.0. The molecule has 0 aromatic heterocycles. The first-order valence-electron chi connectivity index (χ1n) is 3.02. The van der Waals surface area contributed by atoms with E-state index < -0.39 is 6.04 Å². The second kappa shape index (κ2) is 2.97. The van der Waals surface area contributed by atoms with Gasteiger partial charge in [0.25, 0.3) is 0 Å². The van der Waals surface area contributed by atoms with Crippen LogP contribution in [0.5, 0.6) is 0 Å². The minimum atomic E-state index is -0.412. The van der Waals surface area contributed by atoms with Crippen LogP contribution in [0.15, 0.2) is 0 Å². The Labute approximate surface area is 56.4 Å². The lowest BCUT2D eigenvalue weighted by molar-refractivity contribution is -0.108. The molecule has 0 bridgehead atoms. The molecule has 0 amide bonds. The fraction of sp³-hybridized carbons (Fsp3) is 0.714. The van der Waals surface area contributed by atoms with Gasteiger partial charge in [0.1, 0.15) is 6.29 Å². The average molecular weight is 128 g/mol. The highest BCUT2D eigenvalue weighted by atomic mass is 16.1. The van der Waals surface area contributed by atoms with Gasteiger partial charge < -0.3 is 10.5 Å². The second-order valence-electron chi connectivity index (χ2n) is 3.25. The van der Waals surface area contributed by atoms with Gasteiger partial charge in [0.05, 0.1) is 6.04 Å². The Morgan fingerprint density at radius 3 is 2.00 bits per heavy atom. The van der Waals surface area contributed by atoms with Crippen LogP contribution in [0.2, 0.25) is 0 Å². The molecule has 0 aliphatic rings. The van der Waals surface area contributed by atoms with E-state index in [1.165, 1.54) is 0 Å². The molecule has 0 aliphatic heterocycles. The maximum atomic E-state index is 10.0. The van der Waals surface area contributed by atoms with Crippen molar-refractivity contribution in [2.24, 2.45) is 11.1 Å². The molecule has 2 nitrogen and oxygen atoms in total. The summed E-state index contributed by atoms with van der Waals surface area (Å²) < 4.78 is 0. The number of nitrogens with two attached hydrogens (primary N) is 1. The molecular formula is C7H14NO. The first-order valence-corrected chi connectivity index (χ1v) is 3.02. The van der Waals surface area contributed by atoms with E-state index in [9.17, 15) is 4.79 Å². The number of hydrogen-bond acceptors (Lipinski definition) is 2. The average Bonchev–Trinajstić information content (AvgIpc) is 1.62. The fourth-order valence-corrected chi connectivity index (χ4v) is 0.617. The Bertz CT molecular complexity index is 93.6. The monoisotopic (exact) mass is 128 g/mol. The van der Waals surface area contributed by atoms with Gasteiger partial charge in [0.2, 0.25) is 0 Å². The van der Waals surface area contributed by atoms with Crippen molar-refractivity contribution in [2.75, 3.05) is 0 Å². The Morgan fingerprint density at radius 1 is 1.44 bits per heavy atom. The molecule has 0 saturated carbocycles. The molecule has 2 heteroatoms. The van der Waals surface area contributed by atoms with Gasteiger partial charge in [-0.2, -0.15) is 0 Å². The van der Waals surface area contributed by atoms with Crippen molar-refractivity contribution in [3.8, 4) is 0 Å². The first-order chi connectivity index (χ1) is 3.95. The number of rotatable bonds is 2. The molecule has 2 N–H and O–H groups in total. The van der Waals surface area contributed by atoms with Gasteiger partial charge >= 0.3 is 0 Å². The SMILES string of the molecule is CC(C)(C)[CH]C(N)C=O. The van der Waals surface area contributed by atoms with Gasteiger partial charge in [-0.1, -0.05) is 20.8 Å². The molecular weight excluding hydrogens is 114 g/mol. The summed E-state index contributed by atoms with van der Waals surface area (Å²) in [5.41, 5.74) is 5.38. The van der Waals surface area contributed by atoms with E-state index in [-0.39, 0.29) is 5.41 Å². The zero-order valence-corrected chi connectivity index (χ0v) is 6.22. The van der Waals surface area contributed by atoms with Crippen LogP contribution in [0.1, 0.15) is 20.8 Å². The highest BCUT2D eigenvalue weighted by Gasteiger charge is 2.14. The molecule has 0 heterocycles. The largest absolute Gasteiger partial charge is 0.321 e. The topological polar surface area (TPSA) is 43.1 Å². The van der Waals surface area contributed by atoms with E-state index in [0.717, 1.165) is 6.29 Å². The quantitative estimate of drug-likeness (QED) is 0.558. The van der Waals surface area contributed by atoms with E-state index in [1.54, 1.807) is 0 Å². The third-order valence-corrected chi connectivity index (χ3v) is 0.850. The Balaban J connectivity index is 3.59.